The summed E-state index contributed by atoms with van der Waals surface area (Å²) in [5.74, 6) is 1.37. The van der Waals surface area contributed by atoms with Crippen LogP contribution in [-0.4, -0.2) is 43.8 Å². The molecule has 7 nitrogen and oxygen atoms in total. The summed E-state index contributed by atoms with van der Waals surface area (Å²) in [5, 5.41) is 5.14. The molecule has 2 heterocycles. The van der Waals surface area contributed by atoms with E-state index >= 15 is 0 Å². The first-order chi connectivity index (χ1) is 15.3. The summed E-state index contributed by atoms with van der Waals surface area (Å²) in [5.41, 5.74) is -0.364. The SMILES string of the molecule is Cn1nc(C2CCN(C(=O)C(C)(C)Oc3ccc(Cl)cc3)CC2)n(-c2ccccc2)c1=O. The van der Waals surface area contributed by atoms with E-state index in [1.807, 2.05) is 35.2 Å². The highest BCUT2D eigenvalue weighted by Gasteiger charge is 2.37. The Kier molecular flexibility index (Phi) is 6.11. The fourth-order valence-corrected chi connectivity index (χ4v) is 4.26. The number of para-hydroxylation sites is 1. The summed E-state index contributed by atoms with van der Waals surface area (Å²) in [6.45, 7) is 4.72. The van der Waals surface area contributed by atoms with Crippen LogP contribution in [0.2, 0.25) is 5.02 Å². The van der Waals surface area contributed by atoms with Crippen LogP contribution in [0.4, 0.5) is 0 Å². The molecule has 32 heavy (non-hydrogen) atoms. The van der Waals surface area contributed by atoms with Crippen molar-refractivity contribution in [2.45, 2.75) is 38.2 Å². The maximum absolute atomic E-state index is 13.2. The Balaban J connectivity index is 1.47. The Morgan fingerprint density at radius 1 is 1.06 bits per heavy atom. The zero-order valence-corrected chi connectivity index (χ0v) is 19.2. The van der Waals surface area contributed by atoms with E-state index in [9.17, 15) is 9.59 Å². The van der Waals surface area contributed by atoms with Crippen LogP contribution < -0.4 is 10.4 Å². The van der Waals surface area contributed by atoms with Gasteiger partial charge in [0.2, 0.25) is 0 Å². The third-order valence-corrected chi connectivity index (χ3v) is 6.07. The van der Waals surface area contributed by atoms with Crippen molar-refractivity contribution in [1.29, 1.82) is 0 Å². The monoisotopic (exact) mass is 454 g/mol. The first kappa shape index (κ1) is 22.1. The zero-order chi connectivity index (χ0) is 22.9. The predicted molar refractivity (Wildman–Crippen MR) is 124 cm³/mol. The third-order valence-electron chi connectivity index (χ3n) is 5.81. The van der Waals surface area contributed by atoms with Gasteiger partial charge in [0, 0.05) is 31.1 Å². The van der Waals surface area contributed by atoms with Crippen LogP contribution >= 0.6 is 11.6 Å². The standard InChI is InChI=1S/C24H27ClN4O3/c1-24(2,32-20-11-9-18(25)10-12-20)22(30)28-15-13-17(14-16-28)21-26-27(3)23(31)29(21)19-7-5-4-6-8-19/h4-12,17H,13-16H2,1-3H3. The van der Waals surface area contributed by atoms with Crippen molar-refractivity contribution in [1.82, 2.24) is 19.2 Å². The molecule has 0 atom stereocenters. The molecule has 0 unspecified atom stereocenters. The first-order valence-corrected chi connectivity index (χ1v) is 11.1. The predicted octanol–water partition coefficient (Wildman–Crippen LogP) is 3.79. The minimum atomic E-state index is -1.00. The summed E-state index contributed by atoms with van der Waals surface area (Å²) in [6, 6.07) is 16.5. The van der Waals surface area contributed by atoms with Gasteiger partial charge in [-0.25, -0.2) is 14.0 Å². The number of hydrogen-bond acceptors (Lipinski definition) is 4. The van der Waals surface area contributed by atoms with Crippen molar-refractivity contribution >= 4 is 17.5 Å². The van der Waals surface area contributed by atoms with Gasteiger partial charge >= 0.3 is 5.69 Å². The molecule has 1 amide bonds. The van der Waals surface area contributed by atoms with Gasteiger partial charge in [-0.1, -0.05) is 29.8 Å². The van der Waals surface area contributed by atoms with Gasteiger partial charge in [0.25, 0.3) is 5.91 Å². The van der Waals surface area contributed by atoms with Crippen LogP contribution in [-0.2, 0) is 11.8 Å². The molecule has 0 radical (unpaired) electrons. The molecule has 1 fully saturated rings. The second-order valence-corrected chi connectivity index (χ2v) is 9.00. The van der Waals surface area contributed by atoms with Gasteiger partial charge in [0.05, 0.1) is 5.69 Å². The van der Waals surface area contributed by atoms with E-state index in [1.165, 1.54) is 4.68 Å². The molecule has 0 spiro atoms. The van der Waals surface area contributed by atoms with E-state index in [1.54, 1.807) is 49.7 Å². The van der Waals surface area contributed by atoms with Crippen LogP contribution in [0.25, 0.3) is 5.69 Å². The molecular weight excluding hydrogens is 428 g/mol. The number of carbonyl (C=O) groups is 1. The lowest BCUT2D eigenvalue weighted by Gasteiger charge is -2.36. The maximum Gasteiger partial charge on any atom is 0.350 e. The van der Waals surface area contributed by atoms with Crippen molar-refractivity contribution in [3.8, 4) is 11.4 Å². The number of aryl methyl sites for hydroxylation is 1. The zero-order valence-electron chi connectivity index (χ0n) is 18.5. The molecule has 0 N–H and O–H groups in total. The average Bonchev–Trinajstić information content (AvgIpc) is 3.09. The molecule has 0 saturated carbocycles. The number of hydrogen-bond donors (Lipinski definition) is 0. The Morgan fingerprint density at radius 2 is 1.69 bits per heavy atom. The molecule has 4 rings (SSSR count). The van der Waals surface area contributed by atoms with Gasteiger partial charge in [0.1, 0.15) is 11.6 Å². The Hall–Kier alpha value is -3.06. The molecule has 1 aliphatic heterocycles. The van der Waals surface area contributed by atoms with Crippen LogP contribution in [0.1, 0.15) is 38.4 Å². The molecule has 168 valence electrons. The molecule has 1 saturated heterocycles. The summed E-state index contributed by atoms with van der Waals surface area (Å²) in [4.78, 5) is 27.7. The van der Waals surface area contributed by atoms with Gasteiger partial charge in [-0.05, 0) is 63.1 Å². The number of amides is 1. The lowest BCUT2D eigenvalue weighted by molar-refractivity contribution is -0.146. The number of halogens is 1. The van der Waals surface area contributed by atoms with Crippen LogP contribution in [0.5, 0.6) is 5.75 Å². The molecule has 0 bridgehead atoms. The second-order valence-electron chi connectivity index (χ2n) is 8.57. The van der Waals surface area contributed by atoms with Gasteiger partial charge in [0.15, 0.2) is 5.60 Å². The van der Waals surface area contributed by atoms with Crippen molar-refractivity contribution in [2.24, 2.45) is 7.05 Å². The van der Waals surface area contributed by atoms with E-state index in [0.29, 0.717) is 23.9 Å². The lowest BCUT2D eigenvalue weighted by Crippen LogP contribution is -2.51. The molecule has 3 aromatic rings. The number of carbonyl (C=O) groups excluding carboxylic acids is 1. The van der Waals surface area contributed by atoms with Crippen LogP contribution in [0, 0.1) is 0 Å². The fourth-order valence-electron chi connectivity index (χ4n) is 4.13. The minimum Gasteiger partial charge on any atom is -0.478 e. The van der Waals surface area contributed by atoms with Crippen molar-refractivity contribution in [3.63, 3.8) is 0 Å². The molecule has 1 aromatic heterocycles. The number of ether oxygens (including phenoxy) is 1. The van der Waals surface area contributed by atoms with Gasteiger partial charge in [-0.2, -0.15) is 5.10 Å². The third kappa shape index (κ3) is 4.43. The number of piperidine rings is 1. The lowest BCUT2D eigenvalue weighted by atomic mass is 9.94. The van der Waals surface area contributed by atoms with Crippen molar-refractivity contribution in [2.75, 3.05) is 13.1 Å². The second kappa shape index (κ2) is 8.82. The number of aromatic nitrogens is 3. The highest BCUT2D eigenvalue weighted by molar-refractivity contribution is 6.30. The Morgan fingerprint density at radius 3 is 2.31 bits per heavy atom. The van der Waals surface area contributed by atoms with Crippen molar-refractivity contribution in [3.05, 3.63) is 75.9 Å². The molecule has 2 aromatic carbocycles. The average molecular weight is 455 g/mol. The summed E-state index contributed by atoms with van der Waals surface area (Å²) < 4.78 is 9.02. The number of rotatable bonds is 5. The van der Waals surface area contributed by atoms with Gasteiger partial charge in [-0.15, -0.1) is 0 Å². The fraction of sp³-hybridized carbons (Fsp3) is 0.375. The van der Waals surface area contributed by atoms with Crippen LogP contribution in [0.15, 0.2) is 59.4 Å². The normalized spacial score (nSPS) is 15.1. The Bertz CT molecular complexity index is 1140. The van der Waals surface area contributed by atoms with E-state index in [-0.39, 0.29) is 17.5 Å². The summed E-state index contributed by atoms with van der Waals surface area (Å²) in [6.07, 6.45) is 1.46. The van der Waals surface area contributed by atoms with Gasteiger partial charge in [-0.3, -0.25) is 4.79 Å². The summed E-state index contributed by atoms with van der Waals surface area (Å²) >= 11 is 5.93. The Labute approximate surface area is 192 Å². The smallest absolute Gasteiger partial charge is 0.350 e. The molecule has 1 aliphatic rings. The van der Waals surface area contributed by atoms with E-state index in [4.69, 9.17) is 16.3 Å². The molecule has 0 aliphatic carbocycles. The number of likely N-dealkylation sites (tertiary alicyclic amines) is 1. The first-order valence-electron chi connectivity index (χ1n) is 10.7. The van der Waals surface area contributed by atoms with E-state index in [0.717, 1.165) is 24.4 Å². The molecular formula is C24H27ClN4O3. The topological polar surface area (TPSA) is 69.4 Å². The van der Waals surface area contributed by atoms with E-state index < -0.39 is 5.60 Å². The highest BCUT2D eigenvalue weighted by Crippen LogP contribution is 2.30. The van der Waals surface area contributed by atoms with Crippen LogP contribution in [0.3, 0.4) is 0 Å². The van der Waals surface area contributed by atoms with E-state index in [2.05, 4.69) is 5.10 Å². The van der Waals surface area contributed by atoms with Crippen molar-refractivity contribution < 1.29 is 9.53 Å². The number of nitrogens with zero attached hydrogens (tertiary/aromatic N) is 4. The quantitative estimate of drug-likeness (QED) is 0.588. The maximum atomic E-state index is 13.2. The number of benzene rings is 2. The molecule has 8 heteroatoms. The van der Waals surface area contributed by atoms with Gasteiger partial charge < -0.3 is 9.64 Å². The largest absolute Gasteiger partial charge is 0.478 e. The minimum absolute atomic E-state index is 0.0626. The summed E-state index contributed by atoms with van der Waals surface area (Å²) in [7, 11) is 1.67. The highest BCUT2D eigenvalue weighted by atomic mass is 35.5.